The fourth-order valence-corrected chi connectivity index (χ4v) is 2.27. The number of hydrogen-bond donors (Lipinski definition) is 0. The molecule has 0 N–H and O–H groups in total. The number of aryl methyl sites for hydroxylation is 1. The average Bonchev–Trinajstić information content (AvgIpc) is 2.73. The molecule has 1 aromatic carbocycles. The van der Waals surface area contributed by atoms with Crippen LogP contribution in [0.1, 0.15) is 12.7 Å². The molecule has 3 nitrogen and oxygen atoms in total. The molecule has 0 aliphatic rings. The van der Waals surface area contributed by atoms with Crippen LogP contribution in [0.25, 0.3) is 11.0 Å². The van der Waals surface area contributed by atoms with Crippen molar-refractivity contribution in [3.8, 4) is 0 Å². The normalized spacial score (nSPS) is 11.6. The van der Waals surface area contributed by atoms with E-state index in [-0.39, 0.29) is 5.82 Å². The van der Waals surface area contributed by atoms with Crippen LogP contribution in [0.4, 0.5) is 4.39 Å². The molecule has 0 spiro atoms. The Bertz CT molecular complexity index is 553. The molecule has 0 fully saturated rings. The number of fused-ring (bicyclic) bond motifs is 1. The molecule has 0 saturated carbocycles. The van der Waals surface area contributed by atoms with Crippen LogP contribution in [0.15, 0.2) is 18.2 Å². The van der Waals surface area contributed by atoms with Crippen molar-refractivity contribution in [3.63, 3.8) is 0 Å². The van der Waals surface area contributed by atoms with E-state index in [1.165, 1.54) is 6.07 Å². The Hall–Kier alpha value is -1.13. The molecule has 104 valence electrons. The Morgan fingerprint density at radius 1 is 1.42 bits per heavy atom. The van der Waals surface area contributed by atoms with Gasteiger partial charge in [-0.3, -0.25) is 0 Å². The lowest BCUT2D eigenvalue weighted by Gasteiger charge is -2.15. The third kappa shape index (κ3) is 3.25. The highest BCUT2D eigenvalue weighted by molar-refractivity contribution is 6.17. The monoisotopic (exact) mass is 283 g/mol. The second-order valence-corrected chi connectivity index (χ2v) is 5.03. The molecule has 19 heavy (non-hydrogen) atoms. The molecule has 1 heterocycles. The minimum absolute atomic E-state index is 0.227. The molecular formula is C14H19ClFN3. The minimum Gasteiger partial charge on any atom is -0.327 e. The molecule has 0 aliphatic carbocycles. The van der Waals surface area contributed by atoms with Crippen molar-refractivity contribution in [2.75, 3.05) is 26.0 Å². The number of nitrogens with zero attached hydrogens (tertiary/aromatic N) is 3. The molecule has 2 aromatic rings. The molecule has 1 aromatic heterocycles. The van der Waals surface area contributed by atoms with E-state index >= 15 is 0 Å². The summed E-state index contributed by atoms with van der Waals surface area (Å²) < 4.78 is 15.5. The fraction of sp³-hybridized carbons (Fsp3) is 0.500. The minimum atomic E-state index is -0.227. The summed E-state index contributed by atoms with van der Waals surface area (Å²) in [6.07, 6.45) is 0.702. The van der Waals surface area contributed by atoms with Crippen LogP contribution in [-0.4, -0.2) is 40.5 Å². The van der Waals surface area contributed by atoms with E-state index in [1.54, 1.807) is 12.1 Å². The summed E-state index contributed by atoms with van der Waals surface area (Å²) in [5, 5.41) is 0. The van der Waals surface area contributed by atoms with E-state index in [0.717, 1.165) is 36.5 Å². The molecule has 0 amide bonds. The van der Waals surface area contributed by atoms with Gasteiger partial charge in [-0.25, -0.2) is 9.37 Å². The molecule has 2 rings (SSSR count). The van der Waals surface area contributed by atoms with Crippen LogP contribution < -0.4 is 0 Å². The quantitative estimate of drug-likeness (QED) is 0.760. The lowest BCUT2D eigenvalue weighted by molar-refractivity contribution is 0.335. The number of likely N-dealkylation sites (N-methyl/N-ethyl adjacent to an activating group) is 1. The number of benzene rings is 1. The topological polar surface area (TPSA) is 21.1 Å². The van der Waals surface area contributed by atoms with Gasteiger partial charge in [-0.1, -0.05) is 6.92 Å². The molecule has 0 unspecified atom stereocenters. The Labute approximate surface area is 118 Å². The molecule has 5 heteroatoms. The second-order valence-electron chi connectivity index (χ2n) is 4.65. The Morgan fingerprint density at radius 3 is 2.89 bits per heavy atom. The number of alkyl halides is 1. The van der Waals surface area contributed by atoms with Crippen molar-refractivity contribution < 1.29 is 4.39 Å². The number of aromatic nitrogens is 2. The van der Waals surface area contributed by atoms with Crippen LogP contribution in [0.3, 0.4) is 0 Å². The maximum absolute atomic E-state index is 13.4. The van der Waals surface area contributed by atoms with E-state index in [4.69, 9.17) is 11.6 Å². The zero-order chi connectivity index (χ0) is 13.8. The highest BCUT2D eigenvalue weighted by Crippen LogP contribution is 2.18. The summed E-state index contributed by atoms with van der Waals surface area (Å²) in [5.41, 5.74) is 1.69. The molecule has 0 saturated heterocycles. The van der Waals surface area contributed by atoms with Crippen LogP contribution in [0, 0.1) is 5.82 Å². The number of rotatable bonds is 6. The van der Waals surface area contributed by atoms with Crippen LogP contribution in [-0.2, 0) is 13.0 Å². The number of halogens is 2. The van der Waals surface area contributed by atoms with Gasteiger partial charge in [0.25, 0.3) is 0 Å². The van der Waals surface area contributed by atoms with Crippen LogP contribution in [0.5, 0.6) is 0 Å². The van der Waals surface area contributed by atoms with Gasteiger partial charge in [-0.15, -0.1) is 11.6 Å². The maximum Gasteiger partial charge on any atom is 0.125 e. The molecular weight excluding hydrogens is 265 g/mol. The lowest BCUT2D eigenvalue weighted by atomic mass is 10.3. The van der Waals surface area contributed by atoms with Gasteiger partial charge in [-0.2, -0.15) is 0 Å². The first-order valence-electron chi connectivity index (χ1n) is 6.55. The van der Waals surface area contributed by atoms with Gasteiger partial charge < -0.3 is 9.47 Å². The first kappa shape index (κ1) is 14.3. The van der Waals surface area contributed by atoms with E-state index in [0.29, 0.717) is 12.3 Å². The SMILES string of the molecule is CCN(C)CCn1c(CCCl)nc2ccc(F)cc21. The smallest absolute Gasteiger partial charge is 0.125 e. The van der Waals surface area contributed by atoms with Gasteiger partial charge >= 0.3 is 0 Å². The van der Waals surface area contributed by atoms with Crippen molar-refractivity contribution in [1.29, 1.82) is 0 Å². The first-order valence-corrected chi connectivity index (χ1v) is 7.08. The van der Waals surface area contributed by atoms with Crippen molar-refractivity contribution in [2.45, 2.75) is 19.9 Å². The summed E-state index contributed by atoms with van der Waals surface area (Å²) in [5.74, 6) is 1.23. The Kier molecular flexibility index (Phi) is 4.77. The van der Waals surface area contributed by atoms with Gasteiger partial charge in [0.1, 0.15) is 11.6 Å². The van der Waals surface area contributed by atoms with Gasteiger partial charge in [0.2, 0.25) is 0 Å². The molecule has 0 atom stereocenters. The van der Waals surface area contributed by atoms with Gasteiger partial charge in [0.15, 0.2) is 0 Å². The van der Waals surface area contributed by atoms with Crippen molar-refractivity contribution >= 4 is 22.6 Å². The molecule has 0 bridgehead atoms. The Morgan fingerprint density at radius 2 is 2.21 bits per heavy atom. The predicted molar refractivity (Wildman–Crippen MR) is 77.3 cm³/mol. The maximum atomic E-state index is 13.4. The third-order valence-corrected chi connectivity index (χ3v) is 3.54. The number of imidazole rings is 1. The molecule has 0 radical (unpaired) electrons. The van der Waals surface area contributed by atoms with E-state index in [2.05, 4.69) is 28.4 Å². The highest BCUT2D eigenvalue weighted by Gasteiger charge is 2.11. The summed E-state index contributed by atoms with van der Waals surface area (Å²) >= 11 is 5.82. The van der Waals surface area contributed by atoms with E-state index < -0.39 is 0 Å². The summed E-state index contributed by atoms with van der Waals surface area (Å²) in [6, 6.07) is 4.72. The van der Waals surface area contributed by atoms with Crippen molar-refractivity contribution in [3.05, 3.63) is 29.8 Å². The highest BCUT2D eigenvalue weighted by atomic mass is 35.5. The lowest BCUT2D eigenvalue weighted by Crippen LogP contribution is -2.23. The second kappa shape index (κ2) is 6.35. The van der Waals surface area contributed by atoms with E-state index in [9.17, 15) is 4.39 Å². The van der Waals surface area contributed by atoms with Crippen LogP contribution in [0.2, 0.25) is 0 Å². The predicted octanol–water partition coefficient (Wildman–Crippen LogP) is 2.91. The summed E-state index contributed by atoms with van der Waals surface area (Å²) in [4.78, 5) is 6.76. The zero-order valence-corrected chi connectivity index (χ0v) is 12.1. The first-order chi connectivity index (χ1) is 9.15. The van der Waals surface area contributed by atoms with Gasteiger partial charge in [-0.05, 0) is 31.8 Å². The Balaban J connectivity index is 2.36. The van der Waals surface area contributed by atoms with Crippen molar-refractivity contribution in [1.82, 2.24) is 14.5 Å². The summed E-state index contributed by atoms with van der Waals surface area (Å²) in [7, 11) is 2.07. The zero-order valence-electron chi connectivity index (χ0n) is 11.4. The third-order valence-electron chi connectivity index (χ3n) is 3.35. The average molecular weight is 284 g/mol. The van der Waals surface area contributed by atoms with E-state index in [1.807, 2.05) is 0 Å². The summed E-state index contributed by atoms with van der Waals surface area (Å²) in [6.45, 7) is 4.82. The number of hydrogen-bond acceptors (Lipinski definition) is 2. The fourth-order valence-electron chi connectivity index (χ4n) is 2.10. The standard InChI is InChI=1S/C14H19ClFN3/c1-3-18(2)8-9-19-13-10-11(16)4-5-12(13)17-14(19)6-7-15/h4-5,10H,3,6-9H2,1-2H3. The van der Waals surface area contributed by atoms with Crippen LogP contribution >= 0.6 is 11.6 Å². The van der Waals surface area contributed by atoms with Gasteiger partial charge in [0, 0.05) is 25.4 Å². The molecule has 0 aliphatic heterocycles. The van der Waals surface area contributed by atoms with Gasteiger partial charge in [0.05, 0.1) is 11.0 Å². The largest absolute Gasteiger partial charge is 0.327 e. The van der Waals surface area contributed by atoms with Crippen molar-refractivity contribution in [2.24, 2.45) is 0 Å².